The van der Waals surface area contributed by atoms with Crippen molar-refractivity contribution in [3.05, 3.63) is 11.8 Å². The van der Waals surface area contributed by atoms with Gasteiger partial charge in [-0.1, -0.05) is 34.6 Å². The molecule has 1 aliphatic heterocycles. The Kier molecular flexibility index (Phi) is 3.33. The van der Waals surface area contributed by atoms with Crippen LogP contribution in [0.2, 0.25) is 0 Å². The average Bonchev–Trinajstić information content (AvgIpc) is 2.45. The summed E-state index contributed by atoms with van der Waals surface area (Å²) in [5.74, 6) is -0.927. The van der Waals surface area contributed by atoms with Crippen LogP contribution in [-0.2, 0) is 9.53 Å². The Morgan fingerprint density at radius 1 is 1.38 bits per heavy atom. The van der Waals surface area contributed by atoms with Gasteiger partial charge in [0, 0.05) is 11.5 Å². The summed E-state index contributed by atoms with van der Waals surface area (Å²) >= 11 is 0. The van der Waals surface area contributed by atoms with Crippen molar-refractivity contribution in [1.29, 1.82) is 0 Å². The lowest BCUT2D eigenvalue weighted by molar-refractivity contribution is -0.185. The van der Waals surface area contributed by atoms with Gasteiger partial charge >= 0.3 is 5.97 Å². The Labute approximate surface area is 96.9 Å². The van der Waals surface area contributed by atoms with Crippen LogP contribution in [0.4, 0.5) is 0 Å². The first-order valence-corrected chi connectivity index (χ1v) is 5.68. The molecule has 1 aliphatic rings. The van der Waals surface area contributed by atoms with Gasteiger partial charge < -0.3 is 9.84 Å². The predicted octanol–water partition coefficient (Wildman–Crippen LogP) is 2.07. The molecule has 92 valence electrons. The Balaban J connectivity index is 3.21. The molecule has 1 heterocycles. The molecule has 1 N–H and O–H groups in total. The van der Waals surface area contributed by atoms with Gasteiger partial charge in [-0.05, 0) is 13.1 Å². The van der Waals surface area contributed by atoms with E-state index in [9.17, 15) is 9.90 Å². The van der Waals surface area contributed by atoms with Crippen molar-refractivity contribution in [2.75, 3.05) is 13.1 Å². The van der Waals surface area contributed by atoms with Crippen LogP contribution in [-0.4, -0.2) is 34.8 Å². The molecule has 0 radical (unpaired) electrons. The molecule has 0 fully saturated rings. The second kappa shape index (κ2) is 4.09. The molecule has 0 bridgehead atoms. The van der Waals surface area contributed by atoms with Crippen LogP contribution in [0, 0.1) is 5.41 Å². The van der Waals surface area contributed by atoms with E-state index < -0.39 is 11.7 Å². The van der Waals surface area contributed by atoms with E-state index in [0.717, 1.165) is 13.1 Å². The van der Waals surface area contributed by atoms with E-state index in [1.165, 1.54) is 6.08 Å². The number of aliphatic hydroxyl groups excluding tert-OH is 1. The zero-order chi connectivity index (χ0) is 12.6. The van der Waals surface area contributed by atoms with Gasteiger partial charge in [-0.3, -0.25) is 4.90 Å². The zero-order valence-electron chi connectivity index (χ0n) is 10.7. The van der Waals surface area contributed by atoms with Gasteiger partial charge in [0.1, 0.15) is 0 Å². The van der Waals surface area contributed by atoms with E-state index in [-0.39, 0.29) is 11.2 Å². The van der Waals surface area contributed by atoms with E-state index in [0.29, 0.717) is 0 Å². The molecular formula is C12H21NO3. The fourth-order valence-corrected chi connectivity index (χ4v) is 2.16. The Morgan fingerprint density at radius 3 is 2.12 bits per heavy atom. The topological polar surface area (TPSA) is 49.8 Å². The van der Waals surface area contributed by atoms with Gasteiger partial charge in [-0.2, -0.15) is 0 Å². The van der Waals surface area contributed by atoms with Crippen LogP contribution in [0.1, 0.15) is 34.6 Å². The Bertz CT molecular complexity index is 313. The second-order valence-electron chi connectivity index (χ2n) is 5.04. The zero-order valence-corrected chi connectivity index (χ0v) is 10.7. The minimum Gasteiger partial charge on any atom is -0.502 e. The highest BCUT2D eigenvalue weighted by Gasteiger charge is 2.52. The van der Waals surface area contributed by atoms with Crippen molar-refractivity contribution < 1.29 is 14.6 Å². The molecule has 4 heteroatoms. The first-order chi connectivity index (χ1) is 7.28. The molecule has 1 unspecified atom stereocenters. The number of esters is 1. The third-order valence-electron chi connectivity index (χ3n) is 3.10. The van der Waals surface area contributed by atoms with Crippen molar-refractivity contribution in [2.24, 2.45) is 5.41 Å². The molecule has 0 aliphatic carbocycles. The Hall–Kier alpha value is -1.03. The van der Waals surface area contributed by atoms with Crippen molar-refractivity contribution >= 4 is 5.97 Å². The monoisotopic (exact) mass is 227 g/mol. The van der Waals surface area contributed by atoms with Crippen LogP contribution in [0.5, 0.6) is 0 Å². The molecule has 0 spiro atoms. The Morgan fingerprint density at radius 2 is 1.88 bits per heavy atom. The number of hydrogen-bond acceptors (Lipinski definition) is 4. The summed E-state index contributed by atoms with van der Waals surface area (Å²) in [6, 6.07) is 0. The summed E-state index contributed by atoms with van der Waals surface area (Å²) in [5.41, 5.74) is -1.13. The lowest BCUT2D eigenvalue weighted by Gasteiger charge is -2.46. The SMILES string of the molecule is CCN(CC)C1(C(C)(C)C)C=C(O)C(=O)O1. The number of rotatable bonds is 3. The number of cyclic esters (lactones) is 1. The molecular weight excluding hydrogens is 206 g/mol. The standard InChI is InChI=1S/C12H21NO3/c1-6-13(7-2)12(11(3,4)5)8-9(14)10(15)16-12/h8,14H,6-7H2,1-5H3. The highest BCUT2D eigenvalue weighted by atomic mass is 16.6. The first-order valence-electron chi connectivity index (χ1n) is 5.68. The lowest BCUT2D eigenvalue weighted by atomic mass is 9.81. The van der Waals surface area contributed by atoms with E-state index in [2.05, 4.69) is 0 Å². The van der Waals surface area contributed by atoms with Crippen molar-refractivity contribution in [2.45, 2.75) is 40.3 Å². The van der Waals surface area contributed by atoms with Crippen LogP contribution in [0.15, 0.2) is 11.8 Å². The minimum atomic E-state index is -0.836. The summed E-state index contributed by atoms with van der Waals surface area (Å²) < 4.78 is 5.41. The summed E-state index contributed by atoms with van der Waals surface area (Å²) in [6.45, 7) is 11.5. The maximum atomic E-state index is 11.4. The van der Waals surface area contributed by atoms with Gasteiger partial charge in [0.25, 0.3) is 0 Å². The maximum absolute atomic E-state index is 11.4. The van der Waals surface area contributed by atoms with E-state index >= 15 is 0 Å². The summed E-state index contributed by atoms with van der Waals surface area (Å²) in [7, 11) is 0. The number of nitrogens with zero attached hydrogens (tertiary/aromatic N) is 1. The molecule has 0 saturated carbocycles. The van der Waals surface area contributed by atoms with Crippen LogP contribution >= 0.6 is 0 Å². The highest BCUT2D eigenvalue weighted by Crippen LogP contribution is 2.42. The quantitative estimate of drug-likeness (QED) is 0.750. The van der Waals surface area contributed by atoms with E-state index in [4.69, 9.17) is 4.74 Å². The summed E-state index contributed by atoms with van der Waals surface area (Å²) in [4.78, 5) is 13.4. The highest BCUT2D eigenvalue weighted by molar-refractivity contribution is 5.89. The number of likely N-dealkylation sites (N-methyl/N-ethyl adjacent to an activating group) is 1. The summed E-state index contributed by atoms with van der Waals surface area (Å²) in [6.07, 6.45) is 1.53. The van der Waals surface area contributed by atoms with E-state index in [1.807, 2.05) is 39.5 Å². The van der Waals surface area contributed by atoms with Gasteiger partial charge in [-0.15, -0.1) is 0 Å². The third-order valence-corrected chi connectivity index (χ3v) is 3.10. The number of aliphatic hydroxyl groups is 1. The fraction of sp³-hybridized carbons (Fsp3) is 0.750. The number of carbonyl (C=O) groups is 1. The molecule has 0 amide bonds. The largest absolute Gasteiger partial charge is 0.502 e. The molecule has 4 nitrogen and oxygen atoms in total. The normalized spacial score (nSPS) is 25.9. The van der Waals surface area contributed by atoms with Crippen LogP contribution in [0.25, 0.3) is 0 Å². The first kappa shape index (κ1) is 13.0. The smallest absolute Gasteiger partial charge is 0.375 e. The third kappa shape index (κ3) is 1.82. The molecule has 0 aromatic heterocycles. The lowest BCUT2D eigenvalue weighted by Crippen LogP contribution is -2.56. The minimum absolute atomic E-state index is 0.290. The number of hydrogen-bond donors (Lipinski definition) is 1. The van der Waals surface area contributed by atoms with Gasteiger partial charge in [-0.25, -0.2) is 4.79 Å². The van der Waals surface area contributed by atoms with Gasteiger partial charge in [0.2, 0.25) is 5.76 Å². The molecule has 0 aromatic carbocycles. The summed E-state index contributed by atoms with van der Waals surface area (Å²) in [5, 5.41) is 9.50. The van der Waals surface area contributed by atoms with Crippen LogP contribution in [0.3, 0.4) is 0 Å². The van der Waals surface area contributed by atoms with Crippen molar-refractivity contribution in [1.82, 2.24) is 4.90 Å². The molecule has 16 heavy (non-hydrogen) atoms. The van der Waals surface area contributed by atoms with Crippen molar-refractivity contribution in [3.8, 4) is 0 Å². The van der Waals surface area contributed by atoms with Gasteiger partial charge in [0.05, 0.1) is 0 Å². The molecule has 1 rings (SSSR count). The van der Waals surface area contributed by atoms with Gasteiger partial charge in [0.15, 0.2) is 5.72 Å². The molecule has 1 atom stereocenters. The number of carbonyl (C=O) groups excluding carboxylic acids is 1. The predicted molar refractivity (Wildman–Crippen MR) is 61.9 cm³/mol. The second-order valence-corrected chi connectivity index (χ2v) is 5.04. The fourth-order valence-electron chi connectivity index (χ4n) is 2.16. The maximum Gasteiger partial charge on any atom is 0.375 e. The average molecular weight is 227 g/mol. The number of ether oxygens (including phenoxy) is 1. The van der Waals surface area contributed by atoms with Crippen molar-refractivity contribution in [3.63, 3.8) is 0 Å². The van der Waals surface area contributed by atoms with Crippen LogP contribution < -0.4 is 0 Å². The molecule has 0 saturated heterocycles. The molecule has 0 aromatic rings. The van der Waals surface area contributed by atoms with E-state index in [1.54, 1.807) is 0 Å².